The average Bonchev–Trinajstić information content (AvgIpc) is 2.45. The number of nitrogens with one attached hydrogen (secondary N) is 1. The van der Waals surface area contributed by atoms with Gasteiger partial charge in [0.05, 0.1) is 12.2 Å². The largest absolute Gasteiger partial charge is 0.392 e. The zero-order valence-corrected chi connectivity index (χ0v) is 11.7. The van der Waals surface area contributed by atoms with Gasteiger partial charge in [-0.15, -0.1) is 0 Å². The van der Waals surface area contributed by atoms with Crippen LogP contribution in [0.25, 0.3) is 0 Å². The van der Waals surface area contributed by atoms with Gasteiger partial charge in [0.1, 0.15) is 0 Å². The lowest BCUT2D eigenvalue weighted by molar-refractivity contribution is -0.0211. The number of hydrogen-bond donors (Lipinski definition) is 3. The monoisotopic (exact) mass is 263 g/mol. The molecule has 3 nitrogen and oxygen atoms in total. The van der Waals surface area contributed by atoms with Crippen molar-refractivity contribution in [2.24, 2.45) is 0 Å². The van der Waals surface area contributed by atoms with Gasteiger partial charge in [-0.3, -0.25) is 0 Å². The van der Waals surface area contributed by atoms with Crippen molar-refractivity contribution in [2.45, 2.75) is 50.2 Å². The summed E-state index contributed by atoms with van der Waals surface area (Å²) in [6, 6.07) is 7.98. The van der Waals surface area contributed by atoms with Gasteiger partial charge in [0.15, 0.2) is 0 Å². The summed E-state index contributed by atoms with van der Waals surface area (Å²) in [5.41, 5.74) is 1.50. The number of rotatable bonds is 5. The molecule has 106 valence electrons. The van der Waals surface area contributed by atoms with Crippen molar-refractivity contribution in [3.63, 3.8) is 0 Å². The van der Waals surface area contributed by atoms with Gasteiger partial charge in [-0.1, -0.05) is 43.5 Å². The highest BCUT2D eigenvalue weighted by Crippen LogP contribution is 2.39. The Morgan fingerprint density at radius 2 is 1.79 bits per heavy atom. The molecule has 0 amide bonds. The van der Waals surface area contributed by atoms with E-state index < -0.39 is 5.60 Å². The van der Waals surface area contributed by atoms with Gasteiger partial charge in [0, 0.05) is 12.5 Å². The van der Waals surface area contributed by atoms with Crippen LogP contribution in [0.2, 0.25) is 0 Å². The lowest BCUT2D eigenvalue weighted by Crippen LogP contribution is -2.42. The zero-order chi connectivity index (χ0) is 13.7. The van der Waals surface area contributed by atoms with Crippen LogP contribution in [0.3, 0.4) is 0 Å². The first kappa shape index (κ1) is 14.5. The Balaban J connectivity index is 2.22. The van der Waals surface area contributed by atoms with Crippen LogP contribution in [0.1, 0.15) is 49.1 Å². The molecule has 0 aromatic heterocycles. The third kappa shape index (κ3) is 3.35. The van der Waals surface area contributed by atoms with Crippen LogP contribution in [0.15, 0.2) is 24.3 Å². The molecule has 2 rings (SSSR count). The fourth-order valence-corrected chi connectivity index (χ4v) is 3.19. The van der Waals surface area contributed by atoms with E-state index in [1.807, 2.05) is 31.3 Å². The number of aliphatic hydroxyl groups excluding tert-OH is 1. The van der Waals surface area contributed by atoms with Gasteiger partial charge in [0.2, 0.25) is 0 Å². The van der Waals surface area contributed by atoms with Crippen LogP contribution in [0.4, 0.5) is 0 Å². The number of benzene rings is 1. The Labute approximate surface area is 115 Å². The molecular weight excluding hydrogens is 238 g/mol. The van der Waals surface area contributed by atoms with E-state index >= 15 is 0 Å². The molecule has 0 saturated heterocycles. The third-order valence-electron chi connectivity index (χ3n) is 4.34. The maximum absolute atomic E-state index is 11.0. The summed E-state index contributed by atoms with van der Waals surface area (Å²) < 4.78 is 0. The van der Waals surface area contributed by atoms with Gasteiger partial charge >= 0.3 is 0 Å². The third-order valence-corrected chi connectivity index (χ3v) is 4.34. The molecule has 1 atom stereocenters. The Morgan fingerprint density at radius 3 is 2.32 bits per heavy atom. The normalized spacial score (nSPS) is 20.2. The summed E-state index contributed by atoms with van der Waals surface area (Å²) in [6.45, 7) is 0.857. The van der Waals surface area contributed by atoms with Crippen molar-refractivity contribution in [2.75, 3.05) is 13.6 Å². The molecule has 1 aromatic carbocycles. The van der Waals surface area contributed by atoms with Crippen molar-refractivity contribution in [3.05, 3.63) is 35.4 Å². The van der Waals surface area contributed by atoms with Crippen molar-refractivity contribution < 1.29 is 10.2 Å². The Hall–Kier alpha value is -0.900. The van der Waals surface area contributed by atoms with Crippen LogP contribution in [-0.4, -0.2) is 29.4 Å². The van der Waals surface area contributed by atoms with Crippen molar-refractivity contribution >= 4 is 0 Å². The summed E-state index contributed by atoms with van der Waals surface area (Å²) in [5.74, 6) is 0.130. The summed E-state index contributed by atoms with van der Waals surface area (Å²) >= 11 is 0. The molecule has 1 aromatic rings. The van der Waals surface area contributed by atoms with E-state index in [1.165, 1.54) is 6.42 Å². The van der Waals surface area contributed by atoms with Crippen molar-refractivity contribution in [3.8, 4) is 0 Å². The Bertz CT molecular complexity index is 382. The molecule has 3 N–H and O–H groups in total. The second-order valence-electron chi connectivity index (χ2n) is 5.67. The van der Waals surface area contributed by atoms with Gasteiger partial charge in [0.25, 0.3) is 0 Å². The van der Waals surface area contributed by atoms with Crippen LogP contribution in [0.5, 0.6) is 0 Å². The van der Waals surface area contributed by atoms with E-state index in [1.54, 1.807) is 0 Å². The molecule has 0 spiro atoms. The fraction of sp³-hybridized carbons (Fsp3) is 0.625. The average molecular weight is 263 g/mol. The molecule has 0 radical (unpaired) electrons. The van der Waals surface area contributed by atoms with Gasteiger partial charge in [-0.2, -0.15) is 0 Å². The quantitative estimate of drug-likeness (QED) is 0.763. The van der Waals surface area contributed by atoms with Gasteiger partial charge < -0.3 is 15.5 Å². The minimum Gasteiger partial charge on any atom is -0.392 e. The van der Waals surface area contributed by atoms with E-state index in [0.29, 0.717) is 0 Å². The molecular formula is C16H25NO2. The van der Waals surface area contributed by atoms with Gasteiger partial charge in [-0.25, -0.2) is 0 Å². The van der Waals surface area contributed by atoms with Crippen LogP contribution in [0, 0.1) is 0 Å². The molecule has 19 heavy (non-hydrogen) atoms. The minimum atomic E-state index is -0.581. The maximum Gasteiger partial charge on any atom is 0.0728 e. The van der Waals surface area contributed by atoms with Crippen LogP contribution in [-0.2, 0) is 6.61 Å². The standard InChI is InChI=1S/C16H25NO2/c1-17-11-15(16(19)9-3-2-4-10-16)14-7-5-13(12-18)6-8-14/h5-8,15,17-19H,2-4,9-12H2,1H3. The van der Waals surface area contributed by atoms with E-state index in [-0.39, 0.29) is 12.5 Å². The predicted molar refractivity (Wildman–Crippen MR) is 77.1 cm³/mol. The highest BCUT2D eigenvalue weighted by Gasteiger charge is 2.38. The lowest BCUT2D eigenvalue weighted by atomic mass is 9.72. The summed E-state index contributed by atoms with van der Waals surface area (Å²) in [4.78, 5) is 0. The van der Waals surface area contributed by atoms with Gasteiger partial charge in [-0.05, 0) is 31.0 Å². The second-order valence-corrected chi connectivity index (χ2v) is 5.67. The highest BCUT2D eigenvalue weighted by atomic mass is 16.3. The van der Waals surface area contributed by atoms with E-state index in [0.717, 1.165) is 43.4 Å². The van der Waals surface area contributed by atoms with Crippen LogP contribution < -0.4 is 5.32 Å². The molecule has 3 heteroatoms. The topological polar surface area (TPSA) is 52.5 Å². The molecule has 1 saturated carbocycles. The molecule has 1 fully saturated rings. The smallest absolute Gasteiger partial charge is 0.0728 e. The molecule has 0 heterocycles. The van der Waals surface area contributed by atoms with Crippen LogP contribution >= 0.6 is 0 Å². The first-order chi connectivity index (χ1) is 9.19. The summed E-state index contributed by atoms with van der Waals surface area (Å²) in [5, 5.41) is 23.3. The number of likely N-dealkylation sites (N-methyl/N-ethyl adjacent to an activating group) is 1. The minimum absolute atomic E-state index is 0.0707. The summed E-state index contributed by atoms with van der Waals surface area (Å²) in [6.07, 6.45) is 5.25. The number of hydrogen-bond acceptors (Lipinski definition) is 3. The molecule has 0 bridgehead atoms. The van der Waals surface area contributed by atoms with Crippen molar-refractivity contribution in [1.29, 1.82) is 0 Å². The Kier molecular flexibility index (Phi) is 4.97. The molecule has 1 aliphatic carbocycles. The van der Waals surface area contributed by atoms with E-state index in [4.69, 9.17) is 5.11 Å². The SMILES string of the molecule is CNCC(c1ccc(CO)cc1)C1(O)CCCCC1. The molecule has 1 aliphatic rings. The van der Waals surface area contributed by atoms with E-state index in [9.17, 15) is 5.11 Å². The molecule has 1 unspecified atom stereocenters. The van der Waals surface area contributed by atoms with E-state index in [2.05, 4.69) is 5.32 Å². The fourth-order valence-electron chi connectivity index (χ4n) is 3.19. The number of aliphatic hydroxyl groups is 2. The first-order valence-electron chi connectivity index (χ1n) is 7.26. The summed E-state index contributed by atoms with van der Waals surface area (Å²) in [7, 11) is 1.93. The highest BCUT2D eigenvalue weighted by molar-refractivity contribution is 5.28. The second kappa shape index (κ2) is 6.51. The molecule has 0 aliphatic heterocycles. The Morgan fingerprint density at radius 1 is 1.16 bits per heavy atom. The maximum atomic E-state index is 11.0. The first-order valence-corrected chi connectivity index (χ1v) is 7.26. The predicted octanol–water partition coefficient (Wildman–Crippen LogP) is 2.18. The lowest BCUT2D eigenvalue weighted by Gasteiger charge is -2.39. The van der Waals surface area contributed by atoms with Crippen molar-refractivity contribution in [1.82, 2.24) is 5.32 Å². The zero-order valence-electron chi connectivity index (χ0n) is 11.7.